The molecule has 0 saturated carbocycles. The number of piperidine rings is 1. The van der Waals surface area contributed by atoms with Gasteiger partial charge in [-0.1, -0.05) is 29.8 Å². The molecule has 1 aliphatic rings. The molecule has 1 saturated heterocycles. The highest BCUT2D eigenvalue weighted by Crippen LogP contribution is 2.22. The Bertz CT molecular complexity index is 783. The summed E-state index contributed by atoms with van der Waals surface area (Å²) in [5.74, 6) is 1.61. The summed E-state index contributed by atoms with van der Waals surface area (Å²) < 4.78 is 0. The molecule has 1 aromatic heterocycles. The molecule has 7 heteroatoms. The zero-order valence-corrected chi connectivity index (χ0v) is 18.6. The van der Waals surface area contributed by atoms with Crippen molar-refractivity contribution in [1.82, 2.24) is 20.1 Å². The normalized spacial score (nSPS) is 16.4. The third-order valence-electron chi connectivity index (χ3n) is 5.25. The largest absolute Gasteiger partial charge is 0.356 e. The lowest BCUT2D eigenvalue weighted by atomic mass is 9.96. The molecule has 2 aromatic rings. The van der Waals surface area contributed by atoms with E-state index in [2.05, 4.69) is 49.7 Å². The van der Waals surface area contributed by atoms with E-state index >= 15 is 0 Å². The zero-order chi connectivity index (χ0) is 19.9. The summed E-state index contributed by atoms with van der Waals surface area (Å²) >= 11 is 8.00. The van der Waals surface area contributed by atoms with E-state index in [9.17, 15) is 0 Å². The van der Waals surface area contributed by atoms with E-state index in [4.69, 9.17) is 11.6 Å². The minimum Gasteiger partial charge on any atom is -0.356 e. The number of aliphatic imine (C=N–C) groups is 1. The first-order valence-electron chi connectivity index (χ1n) is 9.83. The van der Waals surface area contributed by atoms with Crippen molar-refractivity contribution in [2.45, 2.75) is 32.9 Å². The molecule has 0 bridgehead atoms. The Labute approximate surface area is 177 Å². The Balaban J connectivity index is 1.42. The summed E-state index contributed by atoms with van der Waals surface area (Å²) in [4.78, 5) is 13.6. The molecule has 1 aliphatic heterocycles. The lowest BCUT2D eigenvalue weighted by Crippen LogP contribution is -2.43. The molecule has 152 valence electrons. The van der Waals surface area contributed by atoms with Gasteiger partial charge in [0.15, 0.2) is 5.96 Å². The number of aryl methyl sites for hydroxylation is 1. The zero-order valence-electron chi connectivity index (χ0n) is 17.0. The Kier molecular flexibility index (Phi) is 7.71. The predicted octanol–water partition coefficient (Wildman–Crippen LogP) is 4.02. The van der Waals surface area contributed by atoms with Crippen LogP contribution in [0, 0.1) is 12.8 Å². The standard InChI is InChI=1S/C21H30ClN5S/c1-16-25-19(15-28-16)14-26(3)21(23-2)24-12-17-8-10-27(11-9-17)13-18-6-4-5-7-20(18)22/h4-7,15,17H,8-14H2,1-3H3,(H,23,24). The van der Waals surface area contributed by atoms with Crippen LogP contribution in [0.4, 0.5) is 0 Å². The van der Waals surface area contributed by atoms with Gasteiger partial charge in [-0.3, -0.25) is 9.89 Å². The maximum absolute atomic E-state index is 6.30. The van der Waals surface area contributed by atoms with Crippen LogP contribution in [0.1, 0.15) is 29.1 Å². The highest BCUT2D eigenvalue weighted by Gasteiger charge is 2.20. The molecule has 0 aliphatic carbocycles. The number of halogens is 1. The van der Waals surface area contributed by atoms with Crippen LogP contribution in [-0.2, 0) is 13.1 Å². The Hall–Kier alpha value is -1.63. The molecular weight excluding hydrogens is 390 g/mol. The molecule has 1 fully saturated rings. The summed E-state index contributed by atoms with van der Waals surface area (Å²) in [7, 11) is 3.91. The summed E-state index contributed by atoms with van der Waals surface area (Å²) in [6.07, 6.45) is 2.40. The minimum atomic E-state index is 0.675. The van der Waals surface area contributed by atoms with Crippen LogP contribution in [-0.4, -0.2) is 54.5 Å². The molecule has 0 amide bonds. The average Bonchev–Trinajstić information content (AvgIpc) is 3.10. The Morgan fingerprint density at radius 2 is 2.11 bits per heavy atom. The fraction of sp³-hybridized carbons (Fsp3) is 0.524. The predicted molar refractivity (Wildman–Crippen MR) is 119 cm³/mol. The summed E-state index contributed by atoms with van der Waals surface area (Å²) in [6.45, 7) is 6.96. The van der Waals surface area contributed by atoms with Gasteiger partial charge in [0, 0.05) is 37.6 Å². The topological polar surface area (TPSA) is 43.8 Å². The Morgan fingerprint density at radius 1 is 1.36 bits per heavy atom. The quantitative estimate of drug-likeness (QED) is 0.567. The van der Waals surface area contributed by atoms with Crippen molar-refractivity contribution in [2.75, 3.05) is 33.7 Å². The number of nitrogens with one attached hydrogen (secondary N) is 1. The van der Waals surface area contributed by atoms with Crippen LogP contribution in [0.5, 0.6) is 0 Å². The van der Waals surface area contributed by atoms with Crippen molar-refractivity contribution >= 4 is 28.9 Å². The number of hydrogen-bond donors (Lipinski definition) is 1. The molecule has 0 spiro atoms. The monoisotopic (exact) mass is 419 g/mol. The van der Waals surface area contributed by atoms with E-state index in [1.807, 2.05) is 26.1 Å². The number of benzene rings is 1. The summed E-state index contributed by atoms with van der Waals surface area (Å²) in [5.41, 5.74) is 2.32. The second-order valence-electron chi connectivity index (χ2n) is 7.45. The van der Waals surface area contributed by atoms with Crippen molar-refractivity contribution in [1.29, 1.82) is 0 Å². The van der Waals surface area contributed by atoms with Crippen LogP contribution < -0.4 is 5.32 Å². The fourth-order valence-electron chi connectivity index (χ4n) is 3.64. The van der Waals surface area contributed by atoms with Crippen molar-refractivity contribution in [2.24, 2.45) is 10.9 Å². The third-order valence-corrected chi connectivity index (χ3v) is 6.44. The van der Waals surface area contributed by atoms with Crippen LogP contribution >= 0.6 is 22.9 Å². The van der Waals surface area contributed by atoms with E-state index in [1.54, 1.807) is 11.3 Å². The number of thiazole rings is 1. The van der Waals surface area contributed by atoms with Crippen molar-refractivity contribution in [3.05, 3.63) is 50.9 Å². The SMILES string of the molecule is CN=C(NCC1CCN(Cc2ccccc2Cl)CC1)N(C)Cc1csc(C)n1. The van der Waals surface area contributed by atoms with Gasteiger partial charge >= 0.3 is 0 Å². The van der Waals surface area contributed by atoms with Gasteiger partial charge in [0.2, 0.25) is 0 Å². The van der Waals surface area contributed by atoms with Gasteiger partial charge in [-0.2, -0.15) is 0 Å². The Morgan fingerprint density at radius 3 is 2.75 bits per heavy atom. The average molecular weight is 420 g/mol. The second-order valence-corrected chi connectivity index (χ2v) is 8.92. The van der Waals surface area contributed by atoms with E-state index in [0.717, 1.165) is 54.4 Å². The number of aromatic nitrogens is 1. The van der Waals surface area contributed by atoms with E-state index in [1.165, 1.54) is 18.4 Å². The number of nitrogens with zero attached hydrogens (tertiary/aromatic N) is 4. The van der Waals surface area contributed by atoms with Gasteiger partial charge in [0.05, 0.1) is 17.2 Å². The van der Waals surface area contributed by atoms with Gasteiger partial charge < -0.3 is 10.2 Å². The van der Waals surface area contributed by atoms with E-state index in [-0.39, 0.29) is 0 Å². The highest BCUT2D eigenvalue weighted by molar-refractivity contribution is 7.09. The first kappa shape index (κ1) is 21.1. The van der Waals surface area contributed by atoms with Crippen LogP contribution in [0.15, 0.2) is 34.6 Å². The van der Waals surface area contributed by atoms with Crippen LogP contribution in [0.2, 0.25) is 5.02 Å². The van der Waals surface area contributed by atoms with E-state index < -0.39 is 0 Å². The fourth-order valence-corrected chi connectivity index (χ4v) is 4.43. The number of hydrogen-bond acceptors (Lipinski definition) is 4. The summed E-state index contributed by atoms with van der Waals surface area (Å²) in [6, 6.07) is 8.15. The molecule has 0 unspecified atom stereocenters. The third kappa shape index (κ3) is 5.93. The van der Waals surface area contributed by atoms with Crippen LogP contribution in [0.25, 0.3) is 0 Å². The number of likely N-dealkylation sites (tertiary alicyclic amines) is 1. The lowest BCUT2D eigenvalue weighted by molar-refractivity contribution is 0.177. The first-order valence-corrected chi connectivity index (χ1v) is 11.1. The van der Waals surface area contributed by atoms with Gasteiger partial charge in [-0.25, -0.2) is 4.98 Å². The van der Waals surface area contributed by atoms with E-state index in [0.29, 0.717) is 5.92 Å². The minimum absolute atomic E-state index is 0.675. The van der Waals surface area contributed by atoms with Crippen LogP contribution in [0.3, 0.4) is 0 Å². The molecule has 1 aromatic carbocycles. The lowest BCUT2D eigenvalue weighted by Gasteiger charge is -2.33. The number of guanidine groups is 1. The first-order chi connectivity index (χ1) is 13.5. The van der Waals surface area contributed by atoms with Gasteiger partial charge in [0.25, 0.3) is 0 Å². The maximum atomic E-state index is 6.30. The highest BCUT2D eigenvalue weighted by atomic mass is 35.5. The molecule has 1 N–H and O–H groups in total. The number of rotatable bonds is 6. The molecular formula is C21H30ClN5S. The van der Waals surface area contributed by atoms with Gasteiger partial charge in [0.1, 0.15) is 0 Å². The molecule has 0 atom stereocenters. The smallest absolute Gasteiger partial charge is 0.193 e. The maximum Gasteiger partial charge on any atom is 0.193 e. The second kappa shape index (κ2) is 10.2. The molecule has 0 radical (unpaired) electrons. The van der Waals surface area contributed by atoms with Gasteiger partial charge in [-0.05, 0) is 50.4 Å². The van der Waals surface area contributed by atoms with Gasteiger partial charge in [-0.15, -0.1) is 11.3 Å². The van der Waals surface area contributed by atoms with Crippen molar-refractivity contribution in [3.8, 4) is 0 Å². The van der Waals surface area contributed by atoms with Crippen molar-refractivity contribution in [3.63, 3.8) is 0 Å². The molecule has 2 heterocycles. The molecule has 28 heavy (non-hydrogen) atoms. The molecule has 3 rings (SSSR count). The summed E-state index contributed by atoms with van der Waals surface area (Å²) in [5, 5.41) is 7.65. The molecule has 5 nitrogen and oxygen atoms in total. The van der Waals surface area contributed by atoms with Crippen molar-refractivity contribution < 1.29 is 0 Å².